The Hall–Kier alpha value is -3.33. The molecule has 1 aromatic heterocycles. The summed E-state index contributed by atoms with van der Waals surface area (Å²) in [6, 6.07) is 7.54. The van der Waals surface area contributed by atoms with Gasteiger partial charge in [0.05, 0.1) is 12.0 Å². The second-order valence-electron chi connectivity index (χ2n) is 8.62. The molecule has 32 heavy (non-hydrogen) atoms. The summed E-state index contributed by atoms with van der Waals surface area (Å²) in [5.41, 5.74) is 1.94. The lowest BCUT2D eigenvalue weighted by atomic mass is 10.1. The molecule has 6 rings (SSSR count). The number of nitrogens with zero attached hydrogens (tertiary/aromatic N) is 1. The van der Waals surface area contributed by atoms with E-state index in [-0.39, 0.29) is 36.0 Å². The molecule has 4 aliphatic rings. The highest BCUT2D eigenvalue weighted by Crippen LogP contribution is 2.54. The summed E-state index contributed by atoms with van der Waals surface area (Å²) >= 11 is 0. The fourth-order valence-electron chi connectivity index (χ4n) is 4.78. The molecular formula is C23H24N4O5. The fraction of sp³-hybridized carbons (Fsp3) is 0.435. The van der Waals surface area contributed by atoms with Crippen LogP contribution in [0.3, 0.4) is 0 Å². The normalized spacial score (nSPS) is 25.5. The maximum atomic E-state index is 12.4. The van der Waals surface area contributed by atoms with Gasteiger partial charge in [-0.3, -0.25) is 4.79 Å². The Balaban J connectivity index is 1.13. The Bertz CT molecular complexity index is 1080. The van der Waals surface area contributed by atoms with Crippen molar-refractivity contribution in [3.63, 3.8) is 0 Å². The monoisotopic (exact) mass is 436 g/mol. The lowest BCUT2D eigenvalue weighted by molar-refractivity contribution is -0.116. The number of nitrogens with one attached hydrogen (secondary N) is 3. The molecule has 1 saturated carbocycles. The molecule has 4 heterocycles. The Morgan fingerprint density at radius 2 is 2.03 bits per heavy atom. The third-order valence-electron chi connectivity index (χ3n) is 6.51. The van der Waals surface area contributed by atoms with Crippen LogP contribution in [0.5, 0.6) is 17.2 Å². The molecule has 0 spiro atoms. The van der Waals surface area contributed by atoms with Gasteiger partial charge in [0, 0.05) is 43.0 Å². The number of hydrogen-bond donors (Lipinski definition) is 3. The van der Waals surface area contributed by atoms with Crippen LogP contribution in [-0.2, 0) is 16.0 Å². The van der Waals surface area contributed by atoms with Crippen molar-refractivity contribution >= 4 is 17.8 Å². The van der Waals surface area contributed by atoms with Gasteiger partial charge in [0.1, 0.15) is 29.2 Å². The van der Waals surface area contributed by atoms with E-state index in [1.165, 1.54) is 0 Å². The van der Waals surface area contributed by atoms with Crippen LogP contribution in [0.1, 0.15) is 36.3 Å². The first-order valence-corrected chi connectivity index (χ1v) is 11.1. The zero-order chi connectivity index (χ0) is 21.7. The summed E-state index contributed by atoms with van der Waals surface area (Å²) in [5.74, 6) is 2.86. The topological polar surface area (TPSA) is 111 Å². The van der Waals surface area contributed by atoms with E-state index in [9.17, 15) is 9.59 Å². The van der Waals surface area contributed by atoms with Crippen LogP contribution in [0.4, 0.5) is 10.6 Å². The molecule has 2 fully saturated rings. The van der Waals surface area contributed by atoms with E-state index < -0.39 is 0 Å². The minimum Gasteiger partial charge on any atom is -0.487 e. The third-order valence-corrected chi connectivity index (χ3v) is 6.51. The molecule has 3 aliphatic heterocycles. The lowest BCUT2D eigenvalue weighted by Crippen LogP contribution is -2.46. The summed E-state index contributed by atoms with van der Waals surface area (Å²) in [4.78, 5) is 28.3. The van der Waals surface area contributed by atoms with Crippen LogP contribution >= 0.6 is 0 Å². The first-order chi connectivity index (χ1) is 15.7. The van der Waals surface area contributed by atoms with Crippen molar-refractivity contribution < 1.29 is 23.8 Å². The number of carbonyl (C=O) groups excluding carboxylic acids is 2. The van der Waals surface area contributed by atoms with Crippen LogP contribution in [0.2, 0.25) is 0 Å². The summed E-state index contributed by atoms with van der Waals surface area (Å²) in [6.07, 6.45) is 4.28. The summed E-state index contributed by atoms with van der Waals surface area (Å²) < 4.78 is 17.5. The Kier molecular flexibility index (Phi) is 4.64. The number of benzene rings is 1. The summed E-state index contributed by atoms with van der Waals surface area (Å²) in [5, 5.41) is 8.88. The van der Waals surface area contributed by atoms with Gasteiger partial charge < -0.3 is 30.2 Å². The van der Waals surface area contributed by atoms with Crippen molar-refractivity contribution in [2.75, 3.05) is 18.5 Å². The molecule has 1 aliphatic carbocycles. The van der Waals surface area contributed by atoms with Gasteiger partial charge in [-0.2, -0.15) is 0 Å². The molecule has 9 heteroatoms. The molecule has 166 valence electrons. The van der Waals surface area contributed by atoms with Gasteiger partial charge in [0.2, 0.25) is 5.91 Å². The highest BCUT2D eigenvalue weighted by atomic mass is 16.5. The molecule has 9 nitrogen and oxygen atoms in total. The van der Waals surface area contributed by atoms with Crippen molar-refractivity contribution in [3.8, 4) is 17.2 Å². The molecular weight excluding hydrogens is 412 g/mol. The highest BCUT2D eigenvalue weighted by molar-refractivity contribution is 5.93. The van der Waals surface area contributed by atoms with Gasteiger partial charge in [-0.25, -0.2) is 9.78 Å². The molecule has 0 radical (unpaired) electrons. The zero-order valence-corrected chi connectivity index (χ0v) is 17.4. The van der Waals surface area contributed by atoms with Crippen LogP contribution in [0, 0.1) is 0 Å². The van der Waals surface area contributed by atoms with Crippen LogP contribution in [0.25, 0.3) is 0 Å². The third kappa shape index (κ3) is 3.52. The number of aromatic nitrogens is 1. The number of amides is 3. The number of anilines is 1. The standard InChI is InChI=1S/C23H24N4O5/c28-18-4-2-14-17(5-8-24-22(14)26-18)31-13-1-3-16-15(11-13)19-20(21(19)32-16)27-23(29)25-12-6-9-30-10-7-12/h1,3,5,8,11-12,19-21H,2,4,6-7,9-10H2,(H,24,26,28)(H2,25,27,29)/t19-,20-,21-/m0/s1. The number of carbonyl (C=O) groups is 2. The van der Waals surface area contributed by atoms with Gasteiger partial charge >= 0.3 is 6.03 Å². The van der Waals surface area contributed by atoms with Crippen molar-refractivity contribution in [3.05, 3.63) is 41.6 Å². The maximum Gasteiger partial charge on any atom is 0.315 e. The smallest absolute Gasteiger partial charge is 0.315 e. The maximum absolute atomic E-state index is 12.4. The molecule has 2 aromatic rings. The van der Waals surface area contributed by atoms with E-state index in [1.54, 1.807) is 6.20 Å². The Morgan fingerprint density at radius 1 is 1.16 bits per heavy atom. The van der Waals surface area contributed by atoms with E-state index in [4.69, 9.17) is 14.2 Å². The summed E-state index contributed by atoms with van der Waals surface area (Å²) in [7, 11) is 0. The Labute approximate surface area is 184 Å². The first kappa shape index (κ1) is 19.4. The molecule has 3 N–H and O–H groups in total. The fourth-order valence-corrected chi connectivity index (χ4v) is 4.78. The van der Waals surface area contributed by atoms with Crippen molar-refractivity contribution in [2.24, 2.45) is 0 Å². The summed E-state index contributed by atoms with van der Waals surface area (Å²) in [6.45, 7) is 1.37. The van der Waals surface area contributed by atoms with E-state index >= 15 is 0 Å². The van der Waals surface area contributed by atoms with E-state index in [2.05, 4.69) is 20.9 Å². The second kappa shape index (κ2) is 7.67. The number of rotatable bonds is 4. The minimum absolute atomic E-state index is 0.0315. The molecule has 0 unspecified atom stereocenters. The predicted octanol–water partition coefficient (Wildman–Crippen LogP) is 2.46. The first-order valence-electron chi connectivity index (χ1n) is 11.1. The van der Waals surface area contributed by atoms with Crippen molar-refractivity contribution in [2.45, 2.75) is 49.8 Å². The molecule has 3 atom stereocenters. The van der Waals surface area contributed by atoms with Gasteiger partial charge in [-0.15, -0.1) is 0 Å². The van der Waals surface area contributed by atoms with Gasteiger partial charge in [-0.1, -0.05) is 0 Å². The van der Waals surface area contributed by atoms with Crippen LogP contribution in [0.15, 0.2) is 30.5 Å². The number of fused-ring (bicyclic) bond motifs is 4. The van der Waals surface area contributed by atoms with Gasteiger partial charge in [0.25, 0.3) is 0 Å². The average Bonchev–Trinajstić information content (AvgIpc) is 3.30. The van der Waals surface area contributed by atoms with Crippen LogP contribution < -0.4 is 25.4 Å². The molecule has 1 aromatic carbocycles. The minimum atomic E-state index is -0.153. The SMILES string of the molecule is O=C1CCc2c(Oc3ccc4c(c3)[C@H]3[C@H](NC(=O)NC5CCOCC5)[C@H]3O4)ccnc2N1. The highest BCUT2D eigenvalue weighted by Gasteiger charge is 2.59. The average molecular weight is 436 g/mol. The van der Waals surface area contributed by atoms with E-state index in [1.807, 2.05) is 24.3 Å². The van der Waals surface area contributed by atoms with Gasteiger partial charge in [0.15, 0.2) is 0 Å². The largest absolute Gasteiger partial charge is 0.487 e. The molecule has 0 bridgehead atoms. The second-order valence-corrected chi connectivity index (χ2v) is 8.62. The van der Waals surface area contributed by atoms with Crippen molar-refractivity contribution in [1.29, 1.82) is 0 Å². The zero-order valence-electron chi connectivity index (χ0n) is 17.4. The van der Waals surface area contributed by atoms with Gasteiger partial charge in [-0.05, 0) is 43.5 Å². The molecule has 3 amide bonds. The number of ether oxygens (including phenoxy) is 3. The van der Waals surface area contributed by atoms with Crippen molar-refractivity contribution in [1.82, 2.24) is 15.6 Å². The number of pyridine rings is 1. The van der Waals surface area contributed by atoms with Crippen LogP contribution in [-0.4, -0.2) is 48.3 Å². The Morgan fingerprint density at radius 3 is 2.91 bits per heavy atom. The van der Waals surface area contributed by atoms with E-state index in [0.717, 1.165) is 29.7 Å². The van der Waals surface area contributed by atoms with E-state index in [0.29, 0.717) is 43.4 Å². The predicted molar refractivity (Wildman–Crippen MR) is 114 cm³/mol. The molecule has 1 saturated heterocycles. The number of urea groups is 1. The number of hydrogen-bond acceptors (Lipinski definition) is 6. The lowest BCUT2D eigenvalue weighted by Gasteiger charge is -2.23. The quantitative estimate of drug-likeness (QED) is 0.679.